The Bertz CT molecular complexity index is 1410. The maximum atomic E-state index is 14.3. The van der Waals surface area contributed by atoms with Gasteiger partial charge in [0.15, 0.2) is 17.3 Å². The van der Waals surface area contributed by atoms with Crippen LogP contribution < -0.4 is 5.56 Å². The third-order valence-electron chi connectivity index (χ3n) is 5.23. The number of allylic oxidation sites excluding steroid dienone is 4. The number of aryl methyl sites for hydroxylation is 1. The van der Waals surface area contributed by atoms with Gasteiger partial charge in [-0.05, 0) is 35.7 Å². The maximum absolute atomic E-state index is 14.3. The Kier molecular flexibility index (Phi) is 3.91. The van der Waals surface area contributed by atoms with Gasteiger partial charge in [-0.25, -0.2) is 18.7 Å². The number of aromatic amines is 1. The lowest BCUT2D eigenvalue weighted by molar-refractivity contribution is 0.515. The SMILES string of the molecule is CCc1ccnc2c1nc(C1=CC=C1)n2Cc1cc(=O)[nH]c2c(F)c(F)ccc12. The summed E-state index contributed by atoms with van der Waals surface area (Å²) in [6, 6.07) is 5.89. The van der Waals surface area contributed by atoms with Crippen LogP contribution in [0.3, 0.4) is 0 Å². The van der Waals surface area contributed by atoms with E-state index in [1.54, 1.807) is 6.20 Å². The van der Waals surface area contributed by atoms with Crippen molar-refractivity contribution in [2.45, 2.75) is 19.9 Å². The number of H-pyrrole nitrogens is 1. The lowest BCUT2D eigenvalue weighted by Crippen LogP contribution is -2.12. The fourth-order valence-corrected chi connectivity index (χ4v) is 3.70. The van der Waals surface area contributed by atoms with E-state index in [1.807, 2.05) is 28.9 Å². The fourth-order valence-electron chi connectivity index (χ4n) is 3.70. The minimum atomic E-state index is -1.06. The molecule has 144 valence electrons. The van der Waals surface area contributed by atoms with Crippen molar-refractivity contribution in [1.82, 2.24) is 19.5 Å². The summed E-state index contributed by atoms with van der Waals surface area (Å²) in [6.45, 7) is 2.31. The number of benzene rings is 1. The molecule has 0 spiro atoms. The van der Waals surface area contributed by atoms with Gasteiger partial charge in [-0.15, -0.1) is 0 Å². The van der Waals surface area contributed by atoms with Crippen LogP contribution in [-0.4, -0.2) is 19.5 Å². The van der Waals surface area contributed by atoms with Gasteiger partial charge in [-0.3, -0.25) is 4.79 Å². The first kappa shape index (κ1) is 17.5. The average molecular weight is 390 g/mol. The molecule has 0 unspecified atom stereocenters. The number of nitrogens with one attached hydrogen (secondary N) is 1. The summed E-state index contributed by atoms with van der Waals surface area (Å²) in [4.78, 5) is 23.8. The largest absolute Gasteiger partial charge is 0.319 e. The Morgan fingerprint density at radius 2 is 2.00 bits per heavy atom. The molecule has 1 aliphatic rings. The van der Waals surface area contributed by atoms with Crippen molar-refractivity contribution in [1.29, 1.82) is 0 Å². The number of pyridine rings is 2. The molecule has 0 radical (unpaired) electrons. The molecule has 0 fully saturated rings. The molecular formula is C22H16F2N4O. The maximum Gasteiger partial charge on any atom is 0.248 e. The summed E-state index contributed by atoms with van der Waals surface area (Å²) in [5.41, 5.74) is 3.46. The highest BCUT2D eigenvalue weighted by molar-refractivity contribution is 5.86. The molecule has 7 heteroatoms. The second-order valence-corrected chi connectivity index (χ2v) is 6.94. The molecule has 4 aromatic rings. The number of hydrogen-bond donors (Lipinski definition) is 1. The summed E-state index contributed by atoms with van der Waals surface area (Å²) in [5, 5.41) is 0.445. The lowest BCUT2D eigenvalue weighted by atomic mass is 10.1. The zero-order valence-electron chi connectivity index (χ0n) is 15.5. The van der Waals surface area contributed by atoms with Crippen molar-refractivity contribution in [3.63, 3.8) is 0 Å². The van der Waals surface area contributed by atoms with Crippen LogP contribution in [0.1, 0.15) is 23.9 Å². The molecule has 0 amide bonds. The molecule has 5 nitrogen and oxygen atoms in total. The number of fused-ring (bicyclic) bond motifs is 2. The Morgan fingerprint density at radius 3 is 2.72 bits per heavy atom. The van der Waals surface area contributed by atoms with E-state index in [2.05, 4.69) is 16.9 Å². The molecular weight excluding hydrogens is 374 g/mol. The Morgan fingerprint density at radius 1 is 1.17 bits per heavy atom. The highest BCUT2D eigenvalue weighted by atomic mass is 19.2. The Hall–Kier alpha value is -3.61. The van der Waals surface area contributed by atoms with E-state index in [0.717, 1.165) is 35.0 Å². The fraction of sp³-hybridized carbons (Fsp3) is 0.136. The predicted octanol–water partition coefficient (Wildman–Crippen LogP) is 4.11. The molecule has 0 saturated heterocycles. The van der Waals surface area contributed by atoms with E-state index >= 15 is 0 Å². The molecule has 0 aliphatic heterocycles. The zero-order chi connectivity index (χ0) is 20.1. The summed E-state index contributed by atoms with van der Waals surface area (Å²) in [7, 11) is 0. The van der Waals surface area contributed by atoms with Gasteiger partial charge >= 0.3 is 0 Å². The van der Waals surface area contributed by atoms with Crippen LogP contribution in [0.4, 0.5) is 8.78 Å². The van der Waals surface area contributed by atoms with Gasteiger partial charge < -0.3 is 9.55 Å². The quantitative estimate of drug-likeness (QED) is 0.570. The number of hydrogen-bond acceptors (Lipinski definition) is 3. The van der Waals surface area contributed by atoms with E-state index in [9.17, 15) is 13.6 Å². The third kappa shape index (κ3) is 2.69. The number of nitrogens with zero attached hydrogens (tertiary/aromatic N) is 3. The Balaban J connectivity index is 1.76. The molecule has 5 rings (SSSR count). The van der Waals surface area contributed by atoms with Crippen LogP contribution >= 0.6 is 0 Å². The second kappa shape index (κ2) is 6.48. The number of imidazole rings is 1. The molecule has 3 aromatic heterocycles. The van der Waals surface area contributed by atoms with E-state index in [1.165, 1.54) is 12.1 Å². The van der Waals surface area contributed by atoms with Gasteiger partial charge in [0.05, 0.1) is 12.1 Å². The van der Waals surface area contributed by atoms with Gasteiger partial charge in [-0.1, -0.05) is 25.2 Å². The van der Waals surface area contributed by atoms with Crippen molar-refractivity contribution in [2.24, 2.45) is 0 Å². The van der Waals surface area contributed by atoms with Crippen molar-refractivity contribution < 1.29 is 8.78 Å². The predicted molar refractivity (Wildman–Crippen MR) is 108 cm³/mol. The van der Waals surface area contributed by atoms with Crippen LogP contribution in [-0.2, 0) is 13.0 Å². The lowest BCUT2D eigenvalue weighted by Gasteiger charge is -2.13. The molecule has 3 heterocycles. The van der Waals surface area contributed by atoms with E-state index in [4.69, 9.17) is 4.98 Å². The summed E-state index contributed by atoms with van der Waals surface area (Å²) < 4.78 is 29.8. The summed E-state index contributed by atoms with van der Waals surface area (Å²) in [5.74, 6) is -1.34. The number of aromatic nitrogens is 4. The van der Waals surface area contributed by atoms with Gasteiger partial charge in [0, 0.05) is 23.2 Å². The molecule has 0 bridgehead atoms. The van der Waals surface area contributed by atoms with E-state index < -0.39 is 17.2 Å². The monoisotopic (exact) mass is 390 g/mol. The van der Waals surface area contributed by atoms with Crippen LogP contribution in [0.15, 0.2) is 53.5 Å². The second-order valence-electron chi connectivity index (χ2n) is 6.94. The third-order valence-corrected chi connectivity index (χ3v) is 5.23. The molecule has 1 aromatic carbocycles. The smallest absolute Gasteiger partial charge is 0.248 e. The van der Waals surface area contributed by atoms with Crippen molar-refractivity contribution in [3.05, 3.63) is 87.6 Å². The minimum Gasteiger partial charge on any atom is -0.319 e. The first-order valence-electron chi connectivity index (χ1n) is 9.29. The van der Waals surface area contributed by atoms with E-state index in [-0.39, 0.29) is 12.1 Å². The van der Waals surface area contributed by atoms with Gasteiger partial charge in [0.2, 0.25) is 5.56 Å². The van der Waals surface area contributed by atoms with Crippen molar-refractivity contribution in [2.75, 3.05) is 0 Å². The van der Waals surface area contributed by atoms with Crippen molar-refractivity contribution in [3.8, 4) is 0 Å². The first-order valence-corrected chi connectivity index (χ1v) is 9.29. The highest BCUT2D eigenvalue weighted by Crippen LogP contribution is 2.29. The standard InChI is InChI=1S/C22H16F2N4O/c1-2-12-8-9-25-22-19(12)27-21(13-4-3-5-13)28(22)11-14-10-17(29)26-20-15(14)6-7-16(23)18(20)24/h3-10H,2,11H2,1H3,(H,26,29). The normalized spacial score (nSPS) is 13.1. The van der Waals surface area contributed by atoms with Gasteiger partial charge in [-0.2, -0.15) is 0 Å². The average Bonchev–Trinajstić information content (AvgIpc) is 3.01. The van der Waals surface area contributed by atoms with Gasteiger partial charge in [0.25, 0.3) is 0 Å². The van der Waals surface area contributed by atoms with Crippen molar-refractivity contribution >= 4 is 27.6 Å². The van der Waals surface area contributed by atoms with Crippen LogP contribution in [0.25, 0.3) is 27.6 Å². The molecule has 1 N–H and O–H groups in total. The Labute approximate surface area is 164 Å². The number of rotatable bonds is 4. The highest BCUT2D eigenvalue weighted by Gasteiger charge is 2.20. The molecule has 29 heavy (non-hydrogen) atoms. The summed E-state index contributed by atoms with van der Waals surface area (Å²) in [6.07, 6.45) is 8.37. The summed E-state index contributed by atoms with van der Waals surface area (Å²) >= 11 is 0. The van der Waals surface area contributed by atoms with Crippen LogP contribution in [0, 0.1) is 11.6 Å². The van der Waals surface area contributed by atoms with Gasteiger partial charge in [0.1, 0.15) is 11.3 Å². The first-order chi connectivity index (χ1) is 14.1. The van der Waals surface area contributed by atoms with Crippen LogP contribution in [0.2, 0.25) is 0 Å². The minimum absolute atomic E-state index is 0.136. The molecule has 0 saturated carbocycles. The molecule has 1 aliphatic carbocycles. The van der Waals surface area contributed by atoms with E-state index in [0.29, 0.717) is 16.6 Å². The zero-order valence-corrected chi connectivity index (χ0v) is 15.5. The number of halogens is 2. The topological polar surface area (TPSA) is 63.6 Å². The molecule has 0 atom stereocenters. The van der Waals surface area contributed by atoms with Crippen LogP contribution in [0.5, 0.6) is 0 Å².